The molecule has 5 nitrogen and oxygen atoms in total. The number of para-hydroxylation sites is 1. The summed E-state index contributed by atoms with van der Waals surface area (Å²) in [4.78, 5) is 16.5. The Balaban J connectivity index is 2.05. The van der Waals surface area contributed by atoms with E-state index in [9.17, 15) is 0 Å². The number of hydrogen-bond acceptors (Lipinski definition) is 6. The first kappa shape index (κ1) is 10.9. The number of nitrogens with zero attached hydrogens (tertiary/aromatic N) is 4. The van der Waals surface area contributed by atoms with Crippen LogP contribution >= 0.6 is 11.8 Å². The molecule has 18 heavy (non-hydrogen) atoms. The van der Waals surface area contributed by atoms with Crippen molar-refractivity contribution in [1.29, 1.82) is 0 Å². The van der Waals surface area contributed by atoms with Gasteiger partial charge in [-0.15, -0.1) is 0 Å². The van der Waals surface area contributed by atoms with E-state index < -0.39 is 0 Å². The van der Waals surface area contributed by atoms with Crippen molar-refractivity contribution in [3.8, 4) is 0 Å². The summed E-state index contributed by atoms with van der Waals surface area (Å²) >= 11 is 1.45. The highest BCUT2D eigenvalue weighted by molar-refractivity contribution is 7.99. The molecule has 3 rings (SSSR count). The van der Waals surface area contributed by atoms with Crippen molar-refractivity contribution < 1.29 is 0 Å². The van der Waals surface area contributed by atoms with Crippen LogP contribution in [0.15, 0.2) is 52.9 Å². The zero-order valence-corrected chi connectivity index (χ0v) is 10.1. The van der Waals surface area contributed by atoms with Gasteiger partial charge < -0.3 is 5.73 Å². The number of nitrogens with two attached hydrogens (primary N) is 1. The summed E-state index contributed by atoms with van der Waals surface area (Å²) in [6.45, 7) is 0. The van der Waals surface area contributed by atoms with Crippen LogP contribution in [-0.4, -0.2) is 19.9 Å². The summed E-state index contributed by atoms with van der Waals surface area (Å²) in [6.07, 6.45) is 3.18. The molecule has 0 aliphatic carbocycles. The van der Waals surface area contributed by atoms with Gasteiger partial charge in [0.2, 0.25) is 5.95 Å². The molecule has 0 atom stereocenters. The maximum atomic E-state index is 5.56. The lowest BCUT2D eigenvalue weighted by Gasteiger charge is -2.03. The van der Waals surface area contributed by atoms with Crippen LogP contribution in [0.25, 0.3) is 10.9 Å². The van der Waals surface area contributed by atoms with Gasteiger partial charge in [0.15, 0.2) is 0 Å². The Morgan fingerprint density at radius 1 is 1.00 bits per heavy atom. The summed E-state index contributed by atoms with van der Waals surface area (Å²) in [5.41, 5.74) is 6.47. The maximum Gasteiger partial charge on any atom is 0.221 e. The quantitative estimate of drug-likeness (QED) is 0.707. The van der Waals surface area contributed by atoms with Gasteiger partial charge in [-0.1, -0.05) is 18.2 Å². The molecule has 3 aromatic rings. The van der Waals surface area contributed by atoms with Gasteiger partial charge in [-0.25, -0.2) is 19.9 Å². The molecule has 0 saturated heterocycles. The number of nitrogen functional groups attached to an aromatic ring is 1. The van der Waals surface area contributed by atoms with E-state index in [-0.39, 0.29) is 5.95 Å². The second kappa shape index (κ2) is 4.58. The largest absolute Gasteiger partial charge is 0.368 e. The Morgan fingerprint density at radius 2 is 1.89 bits per heavy atom. The third kappa shape index (κ3) is 2.10. The zero-order valence-electron chi connectivity index (χ0n) is 9.32. The van der Waals surface area contributed by atoms with Gasteiger partial charge in [-0.3, -0.25) is 0 Å². The van der Waals surface area contributed by atoms with Crippen LogP contribution in [0.4, 0.5) is 5.95 Å². The van der Waals surface area contributed by atoms with Gasteiger partial charge in [0.25, 0.3) is 0 Å². The molecule has 0 aliphatic heterocycles. The van der Waals surface area contributed by atoms with Crippen molar-refractivity contribution in [3.05, 3.63) is 42.9 Å². The minimum atomic E-state index is 0.262. The van der Waals surface area contributed by atoms with Crippen LogP contribution in [0.2, 0.25) is 0 Å². The van der Waals surface area contributed by atoms with E-state index in [2.05, 4.69) is 19.9 Å². The first-order valence-electron chi connectivity index (χ1n) is 5.29. The van der Waals surface area contributed by atoms with Crippen molar-refractivity contribution in [1.82, 2.24) is 19.9 Å². The summed E-state index contributed by atoms with van der Waals surface area (Å²) in [5.74, 6) is 0.262. The third-order valence-corrected chi connectivity index (χ3v) is 3.31. The van der Waals surface area contributed by atoms with Crippen LogP contribution in [0, 0.1) is 0 Å². The first-order valence-corrected chi connectivity index (χ1v) is 6.11. The van der Waals surface area contributed by atoms with Gasteiger partial charge in [-0.05, 0) is 23.9 Å². The predicted molar refractivity (Wildman–Crippen MR) is 70.1 cm³/mol. The standard InChI is InChI=1S/C12H9N5S/c13-12-14-6-5-10(17-12)18-11-8-3-1-2-4-9(8)15-7-16-11/h1-7H,(H2,13,14,17). The molecule has 0 unspecified atom stereocenters. The molecule has 0 bridgehead atoms. The van der Waals surface area contributed by atoms with E-state index in [1.54, 1.807) is 18.6 Å². The molecule has 0 radical (unpaired) electrons. The Hall–Kier alpha value is -2.21. The smallest absolute Gasteiger partial charge is 0.221 e. The third-order valence-electron chi connectivity index (χ3n) is 2.36. The molecule has 2 aromatic heterocycles. The van der Waals surface area contributed by atoms with Gasteiger partial charge in [0.1, 0.15) is 16.4 Å². The summed E-state index contributed by atoms with van der Waals surface area (Å²) in [7, 11) is 0. The first-order chi connectivity index (χ1) is 8.83. The molecule has 0 aliphatic rings. The number of anilines is 1. The maximum absolute atomic E-state index is 5.56. The fourth-order valence-electron chi connectivity index (χ4n) is 1.57. The fraction of sp³-hybridized carbons (Fsp3) is 0. The predicted octanol–water partition coefficient (Wildman–Crippen LogP) is 2.15. The van der Waals surface area contributed by atoms with Crippen LogP contribution in [0.1, 0.15) is 0 Å². The topological polar surface area (TPSA) is 77.6 Å². The van der Waals surface area contributed by atoms with Crippen LogP contribution in [-0.2, 0) is 0 Å². The molecule has 2 heterocycles. The molecule has 2 N–H and O–H groups in total. The molecular weight excluding hydrogens is 246 g/mol. The molecular formula is C12H9N5S. The van der Waals surface area contributed by atoms with Crippen molar-refractivity contribution >= 4 is 28.6 Å². The Bertz CT molecular complexity index is 695. The second-order valence-corrected chi connectivity index (χ2v) is 4.56. The lowest BCUT2D eigenvalue weighted by Crippen LogP contribution is -1.94. The number of aromatic nitrogens is 4. The van der Waals surface area contributed by atoms with Gasteiger partial charge in [0.05, 0.1) is 5.52 Å². The average Bonchev–Trinajstić information content (AvgIpc) is 2.39. The minimum Gasteiger partial charge on any atom is -0.368 e. The highest BCUT2D eigenvalue weighted by atomic mass is 32.2. The van der Waals surface area contributed by atoms with Crippen molar-refractivity contribution in [3.63, 3.8) is 0 Å². The van der Waals surface area contributed by atoms with Crippen LogP contribution < -0.4 is 5.73 Å². The van der Waals surface area contributed by atoms with E-state index in [1.165, 1.54) is 11.8 Å². The lowest BCUT2D eigenvalue weighted by molar-refractivity contribution is 1.05. The number of hydrogen-bond donors (Lipinski definition) is 1. The molecule has 0 spiro atoms. The van der Waals surface area contributed by atoms with E-state index >= 15 is 0 Å². The minimum absolute atomic E-state index is 0.262. The van der Waals surface area contributed by atoms with E-state index in [0.29, 0.717) is 0 Å². The lowest BCUT2D eigenvalue weighted by atomic mass is 10.2. The van der Waals surface area contributed by atoms with Gasteiger partial charge in [-0.2, -0.15) is 0 Å². The van der Waals surface area contributed by atoms with Gasteiger partial charge in [0, 0.05) is 11.6 Å². The summed E-state index contributed by atoms with van der Waals surface area (Å²) < 4.78 is 0. The van der Waals surface area contributed by atoms with Gasteiger partial charge >= 0.3 is 0 Å². The van der Waals surface area contributed by atoms with Crippen molar-refractivity contribution in [2.75, 3.05) is 5.73 Å². The SMILES string of the molecule is Nc1nccc(Sc2ncnc3ccccc23)n1. The van der Waals surface area contributed by atoms with E-state index in [1.807, 2.05) is 24.3 Å². The van der Waals surface area contributed by atoms with Crippen LogP contribution in [0.5, 0.6) is 0 Å². The number of benzene rings is 1. The number of rotatable bonds is 2. The second-order valence-electron chi connectivity index (χ2n) is 3.55. The monoisotopic (exact) mass is 255 g/mol. The van der Waals surface area contributed by atoms with Crippen LogP contribution in [0.3, 0.4) is 0 Å². The van der Waals surface area contributed by atoms with Crippen molar-refractivity contribution in [2.45, 2.75) is 10.1 Å². The highest BCUT2D eigenvalue weighted by Crippen LogP contribution is 2.29. The Labute approximate surface area is 108 Å². The highest BCUT2D eigenvalue weighted by Gasteiger charge is 2.06. The van der Waals surface area contributed by atoms with E-state index in [4.69, 9.17) is 5.73 Å². The molecule has 1 aromatic carbocycles. The number of fused-ring (bicyclic) bond motifs is 1. The Morgan fingerprint density at radius 3 is 2.78 bits per heavy atom. The van der Waals surface area contributed by atoms with E-state index in [0.717, 1.165) is 21.0 Å². The molecule has 0 saturated carbocycles. The summed E-state index contributed by atoms with van der Waals surface area (Å²) in [5, 5.41) is 2.63. The zero-order chi connectivity index (χ0) is 12.4. The Kier molecular flexibility index (Phi) is 2.77. The normalized spacial score (nSPS) is 10.7. The molecule has 88 valence electrons. The molecule has 0 amide bonds. The van der Waals surface area contributed by atoms with Crippen molar-refractivity contribution in [2.24, 2.45) is 0 Å². The molecule has 0 fully saturated rings. The average molecular weight is 255 g/mol. The summed E-state index contributed by atoms with van der Waals surface area (Å²) in [6, 6.07) is 9.66. The molecule has 6 heteroatoms. The fourth-order valence-corrected chi connectivity index (χ4v) is 2.42.